The number of hydrogen-bond acceptors (Lipinski definition) is 3. The first-order valence-electron chi connectivity index (χ1n) is 6.89. The number of aromatic nitrogens is 1. The van der Waals surface area contributed by atoms with Gasteiger partial charge in [0.2, 0.25) is 0 Å². The van der Waals surface area contributed by atoms with E-state index in [2.05, 4.69) is 4.98 Å². The maximum absolute atomic E-state index is 11.6. The van der Waals surface area contributed by atoms with Crippen LogP contribution in [0.15, 0.2) is 36.4 Å². The Balaban J connectivity index is 2.35. The van der Waals surface area contributed by atoms with Gasteiger partial charge >= 0.3 is 5.97 Å². The molecule has 2 aromatic rings. The fourth-order valence-corrected chi connectivity index (χ4v) is 2.56. The smallest absolute Gasteiger partial charge is 0.311 e. The number of carboxylic acids is 1. The topological polar surface area (TPSA) is 76.2 Å². The second-order valence-electron chi connectivity index (χ2n) is 5.21. The lowest BCUT2D eigenvalue weighted by molar-refractivity contribution is -0.148. The molecular weight excluding hydrogens is 252 g/mol. The van der Waals surface area contributed by atoms with Gasteiger partial charge in [-0.15, -0.1) is 0 Å². The van der Waals surface area contributed by atoms with Gasteiger partial charge in [-0.2, -0.15) is 0 Å². The Morgan fingerprint density at radius 2 is 2.05 bits per heavy atom. The Hall–Kier alpha value is -1.94. The zero-order chi connectivity index (χ0) is 14.6. The lowest BCUT2D eigenvalue weighted by Crippen LogP contribution is -2.40. The Morgan fingerprint density at radius 3 is 2.70 bits per heavy atom. The van der Waals surface area contributed by atoms with Crippen LogP contribution in [0.5, 0.6) is 0 Å². The highest BCUT2D eigenvalue weighted by Crippen LogP contribution is 2.28. The minimum Gasteiger partial charge on any atom is -0.481 e. The fraction of sp³-hybridized carbons (Fsp3) is 0.375. The summed E-state index contributed by atoms with van der Waals surface area (Å²) in [6.07, 6.45) is 1.72. The van der Waals surface area contributed by atoms with Gasteiger partial charge in [-0.3, -0.25) is 9.78 Å². The van der Waals surface area contributed by atoms with Crippen molar-refractivity contribution in [3.05, 3.63) is 42.1 Å². The largest absolute Gasteiger partial charge is 0.481 e. The van der Waals surface area contributed by atoms with E-state index < -0.39 is 11.4 Å². The molecule has 106 valence electrons. The molecular formula is C16H20N2O2. The number of hydrogen-bond donors (Lipinski definition) is 2. The molecule has 4 nitrogen and oxygen atoms in total. The molecule has 0 saturated carbocycles. The van der Waals surface area contributed by atoms with Crippen LogP contribution in [-0.2, 0) is 11.2 Å². The molecule has 1 aromatic carbocycles. The quantitative estimate of drug-likeness (QED) is 0.847. The first-order chi connectivity index (χ1) is 9.61. The van der Waals surface area contributed by atoms with E-state index in [-0.39, 0.29) is 6.54 Å². The summed E-state index contributed by atoms with van der Waals surface area (Å²) in [6.45, 7) is 2.10. The molecule has 0 fully saturated rings. The molecule has 3 N–H and O–H groups in total. The number of nitrogens with two attached hydrogens (primary N) is 1. The Kier molecular flexibility index (Phi) is 4.35. The Morgan fingerprint density at radius 1 is 1.30 bits per heavy atom. The van der Waals surface area contributed by atoms with E-state index in [1.807, 2.05) is 43.3 Å². The van der Waals surface area contributed by atoms with Gasteiger partial charge in [0.1, 0.15) is 0 Å². The van der Waals surface area contributed by atoms with E-state index in [9.17, 15) is 9.90 Å². The summed E-state index contributed by atoms with van der Waals surface area (Å²) in [5.74, 6) is -0.836. The molecule has 1 aromatic heterocycles. The highest BCUT2D eigenvalue weighted by Gasteiger charge is 2.36. The average Bonchev–Trinajstić information content (AvgIpc) is 2.46. The predicted octanol–water partition coefficient (Wildman–Crippen LogP) is 2.61. The Bertz CT molecular complexity index is 612. The summed E-state index contributed by atoms with van der Waals surface area (Å²) in [4.78, 5) is 16.2. The highest BCUT2D eigenvalue weighted by molar-refractivity contribution is 5.79. The van der Waals surface area contributed by atoms with Gasteiger partial charge in [0.25, 0.3) is 0 Å². The number of pyridine rings is 1. The third-order valence-corrected chi connectivity index (χ3v) is 3.75. The molecule has 0 aliphatic carbocycles. The van der Waals surface area contributed by atoms with Crippen molar-refractivity contribution >= 4 is 16.9 Å². The van der Waals surface area contributed by atoms with Gasteiger partial charge < -0.3 is 10.8 Å². The van der Waals surface area contributed by atoms with E-state index in [1.165, 1.54) is 0 Å². The van der Waals surface area contributed by atoms with Crippen LogP contribution in [0.3, 0.4) is 0 Å². The van der Waals surface area contributed by atoms with Gasteiger partial charge in [0.05, 0.1) is 10.9 Å². The molecule has 1 atom stereocenters. The zero-order valence-corrected chi connectivity index (χ0v) is 11.7. The normalized spacial score (nSPS) is 14.1. The third kappa shape index (κ3) is 2.80. The van der Waals surface area contributed by atoms with Crippen LogP contribution in [0.25, 0.3) is 10.9 Å². The molecule has 20 heavy (non-hydrogen) atoms. The maximum Gasteiger partial charge on any atom is 0.311 e. The molecule has 1 unspecified atom stereocenters. The summed E-state index contributed by atoms with van der Waals surface area (Å²) < 4.78 is 0. The maximum atomic E-state index is 11.6. The van der Waals surface area contributed by atoms with Crippen LogP contribution in [0.2, 0.25) is 0 Å². The van der Waals surface area contributed by atoms with Crippen molar-refractivity contribution in [2.24, 2.45) is 11.1 Å². The number of carboxylic acid groups (broad SMARTS) is 1. The molecule has 4 heteroatoms. The number of aliphatic carboxylic acids is 1. The summed E-state index contributed by atoms with van der Waals surface area (Å²) in [7, 11) is 0. The van der Waals surface area contributed by atoms with Crippen LogP contribution in [0.4, 0.5) is 0 Å². The van der Waals surface area contributed by atoms with Crippen LogP contribution in [0.1, 0.15) is 25.5 Å². The van der Waals surface area contributed by atoms with Crippen LogP contribution >= 0.6 is 0 Å². The molecule has 0 amide bonds. The van der Waals surface area contributed by atoms with Gasteiger partial charge in [0, 0.05) is 24.0 Å². The molecule has 0 spiro atoms. The van der Waals surface area contributed by atoms with Gasteiger partial charge in [-0.1, -0.05) is 37.6 Å². The second-order valence-corrected chi connectivity index (χ2v) is 5.21. The van der Waals surface area contributed by atoms with E-state index in [4.69, 9.17) is 5.73 Å². The summed E-state index contributed by atoms with van der Waals surface area (Å²) in [6, 6.07) is 11.7. The number of para-hydroxylation sites is 1. The molecule has 0 saturated heterocycles. The fourth-order valence-electron chi connectivity index (χ4n) is 2.56. The van der Waals surface area contributed by atoms with Crippen molar-refractivity contribution in [2.75, 3.05) is 6.54 Å². The number of benzene rings is 1. The molecule has 0 aliphatic rings. The van der Waals surface area contributed by atoms with Gasteiger partial charge in [0.15, 0.2) is 0 Å². The first kappa shape index (κ1) is 14.5. The number of nitrogens with zero attached hydrogens (tertiary/aromatic N) is 1. The summed E-state index contributed by atoms with van der Waals surface area (Å²) in [5, 5.41) is 10.6. The van der Waals surface area contributed by atoms with Gasteiger partial charge in [-0.25, -0.2) is 0 Å². The molecule has 0 bridgehead atoms. The standard InChI is InChI=1S/C16H20N2O2/c1-2-9-16(11-17,15(19)20)10-13-8-7-12-5-3-4-6-14(12)18-13/h3-8H,2,9-11,17H2,1H3,(H,19,20). The second kappa shape index (κ2) is 6.01. The Labute approximate surface area is 118 Å². The summed E-state index contributed by atoms with van der Waals surface area (Å²) >= 11 is 0. The van der Waals surface area contributed by atoms with Crippen molar-refractivity contribution in [2.45, 2.75) is 26.2 Å². The van der Waals surface area contributed by atoms with E-state index in [0.717, 1.165) is 23.0 Å². The molecule has 0 radical (unpaired) electrons. The van der Waals surface area contributed by atoms with Crippen molar-refractivity contribution in [1.29, 1.82) is 0 Å². The zero-order valence-electron chi connectivity index (χ0n) is 11.7. The van der Waals surface area contributed by atoms with Gasteiger partial charge in [-0.05, 0) is 18.6 Å². The van der Waals surface area contributed by atoms with E-state index in [1.54, 1.807) is 0 Å². The first-order valence-corrected chi connectivity index (χ1v) is 6.89. The van der Waals surface area contributed by atoms with Crippen molar-refractivity contribution in [3.8, 4) is 0 Å². The van der Waals surface area contributed by atoms with Crippen LogP contribution in [-0.4, -0.2) is 22.6 Å². The monoisotopic (exact) mass is 272 g/mol. The van der Waals surface area contributed by atoms with Crippen LogP contribution < -0.4 is 5.73 Å². The number of carbonyl (C=O) groups is 1. The van der Waals surface area contributed by atoms with E-state index in [0.29, 0.717) is 12.8 Å². The van der Waals surface area contributed by atoms with Crippen molar-refractivity contribution in [1.82, 2.24) is 4.98 Å². The lowest BCUT2D eigenvalue weighted by atomic mass is 9.79. The number of rotatable bonds is 6. The minimum atomic E-state index is -0.912. The molecule has 2 rings (SSSR count). The highest BCUT2D eigenvalue weighted by atomic mass is 16.4. The average molecular weight is 272 g/mol. The number of fused-ring (bicyclic) bond motifs is 1. The lowest BCUT2D eigenvalue weighted by Gasteiger charge is -2.27. The van der Waals surface area contributed by atoms with E-state index >= 15 is 0 Å². The van der Waals surface area contributed by atoms with Crippen LogP contribution in [0, 0.1) is 5.41 Å². The van der Waals surface area contributed by atoms with Crippen molar-refractivity contribution < 1.29 is 9.90 Å². The third-order valence-electron chi connectivity index (χ3n) is 3.75. The SMILES string of the molecule is CCCC(CN)(Cc1ccc2ccccc2n1)C(=O)O. The van der Waals surface area contributed by atoms with Crippen molar-refractivity contribution in [3.63, 3.8) is 0 Å². The summed E-state index contributed by atoms with van der Waals surface area (Å²) in [5.41, 5.74) is 6.50. The minimum absolute atomic E-state index is 0.130. The molecule has 1 heterocycles. The molecule has 0 aliphatic heterocycles. The predicted molar refractivity (Wildman–Crippen MR) is 79.5 cm³/mol.